The quantitative estimate of drug-likeness (QED) is 0.887. The van der Waals surface area contributed by atoms with E-state index in [1.807, 2.05) is 13.8 Å². The lowest BCUT2D eigenvalue weighted by atomic mass is 9.86. The van der Waals surface area contributed by atoms with Crippen LogP contribution in [0, 0.1) is 5.82 Å². The molecule has 0 aliphatic carbocycles. The maximum absolute atomic E-state index is 12.8. The van der Waals surface area contributed by atoms with Crippen molar-refractivity contribution in [2.45, 2.75) is 25.5 Å². The van der Waals surface area contributed by atoms with Crippen LogP contribution in [0.3, 0.4) is 0 Å². The van der Waals surface area contributed by atoms with Crippen LogP contribution in [0.4, 0.5) is 9.18 Å². The van der Waals surface area contributed by atoms with Gasteiger partial charge in [0, 0.05) is 13.1 Å². The summed E-state index contributed by atoms with van der Waals surface area (Å²) < 4.78 is 12.8. The van der Waals surface area contributed by atoms with E-state index in [1.165, 1.54) is 12.1 Å². The van der Waals surface area contributed by atoms with Gasteiger partial charge < -0.3 is 14.9 Å². The zero-order valence-electron chi connectivity index (χ0n) is 11.4. The number of nitrogens with zero attached hydrogens (tertiary/aromatic N) is 2. The molecule has 0 atom stereocenters. The molecule has 1 aliphatic rings. The average Bonchev–Trinajstić information content (AvgIpc) is 2.34. The first-order chi connectivity index (χ1) is 8.83. The number of benzene rings is 1. The molecule has 0 saturated carbocycles. The van der Waals surface area contributed by atoms with E-state index in [2.05, 4.69) is 0 Å². The lowest BCUT2D eigenvalue weighted by molar-refractivity contribution is -0.0868. The molecule has 2 rings (SSSR count). The summed E-state index contributed by atoms with van der Waals surface area (Å²) in [6.07, 6.45) is 0. The molecule has 1 aliphatic heterocycles. The highest BCUT2D eigenvalue weighted by molar-refractivity contribution is 5.76. The van der Waals surface area contributed by atoms with Crippen LogP contribution in [-0.2, 0) is 5.60 Å². The second-order valence-corrected chi connectivity index (χ2v) is 5.38. The van der Waals surface area contributed by atoms with Gasteiger partial charge in [-0.3, -0.25) is 0 Å². The Morgan fingerprint density at radius 2 is 1.89 bits per heavy atom. The van der Waals surface area contributed by atoms with Crippen molar-refractivity contribution in [2.75, 3.05) is 20.1 Å². The third-order valence-electron chi connectivity index (χ3n) is 3.63. The molecule has 0 aromatic heterocycles. The molecule has 2 amide bonds. The fourth-order valence-corrected chi connectivity index (χ4v) is 2.11. The third kappa shape index (κ3) is 2.56. The Labute approximate surface area is 112 Å². The number of carbonyl (C=O) groups excluding carboxylic acids is 1. The van der Waals surface area contributed by atoms with Crippen LogP contribution in [0.15, 0.2) is 24.3 Å². The maximum atomic E-state index is 12.8. The smallest absolute Gasteiger partial charge is 0.320 e. The average molecular weight is 266 g/mol. The number of carbonyl (C=O) groups is 1. The lowest BCUT2D eigenvalue weighted by Gasteiger charge is -2.48. The van der Waals surface area contributed by atoms with Crippen LogP contribution < -0.4 is 0 Å². The summed E-state index contributed by atoms with van der Waals surface area (Å²) in [4.78, 5) is 15.2. The van der Waals surface area contributed by atoms with E-state index in [9.17, 15) is 14.3 Å². The normalized spacial score (nSPS) is 17.3. The van der Waals surface area contributed by atoms with E-state index in [0.29, 0.717) is 5.56 Å². The van der Waals surface area contributed by atoms with Crippen molar-refractivity contribution in [3.63, 3.8) is 0 Å². The van der Waals surface area contributed by atoms with Crippen molar-refractivity contribution in [3.05, 3.63) is 35.6 Å². The number of urea groups is 1. The monoisotopic (exact) mass is 266 g/mol. The minimum absolute atomic E-state index is 0.0956. The number of halogens is 1. The minimum Gasteiger partial charge on any atom is -0.381 e. The molecule has 4 nitrogen and oxygen atoms in total. The zero-order chi connectivity index (χ0) is 14.2. The van der Waals surface area contributed by atoms with Crippen LogP contribution in [0.1, 0.15) is 19.4 Å². The number of rotatable bonds is 2. The molecular weight excluding hydrogens is 247 g/mol. The zero-order valence-corrected chi connectivity index (χ0v) is 11.4. The fourth-order valence-electron chi connectivity index (χ4n) is 2.11. The molecule has 5 heteroatoms. The van der Waals surface area contributed by atoms with Crippen molar-refractivity contribution in [1.29, 1.82) is 0 Å². The van der Waals surface area contributed by atoms with E-state index in [4.69, 9.17) is 0 Å². The fraction of sp³-hybridized carbons (Fsp3) is 0.500. The van der Waals surface area contributed by atoms with Gasteiger partial charge in [-0.2, -0.15) is 0 Å². The Bertz CT molecular complexity index is 467. The number of aliphatic hydroxyl groups is 1. The predicted octanol–water partition coefficient (Wildman–Crippen LogP) is 1.79. The first-order valence-electron chi connectivity index (χ1n) is 6.33. The molecule has 0 bridgehead atoms. The highest BCUT2D eigenvalue weighted by atomic mass is 19.1. The van der Waals surface area contributed by atoms with E-state index < -0.39 is 5.60 Å². The van der Waals surface area contributed by atoms with Gasteiger partial charge in [-0.25, -0.2) is 9.18 Å². The molecule has 1 N–H and O–H groups in total. The van der Waals surface area contributed by atoms with Gasteiger partial charge in [0.2, 0.25) is 0 Å². The van der Waals surface area contributed by atoms with Crippen LogP contribution >= 0.6 is 0 Å². The number of hydrogen-bond donors (Lipinski definition) is 1. The van der Waals surface area contributed by atoms with Gasteiger partial charge in [0.1, 0.15) is 11.4 Å². The van der Waals surface area contributed by atoms with Gasteiger partial charge in [0.05, 0.1) is 13.1 Å². The van der Waals surface area contributed by atoms with Crippen molar-refractivity contribution in [1.82, 2.24) is 9.80 Å². The topological polar surface area (TPSA) is 43.8 Å². The van der Waals surface area contributed by atoms with Gasteiger partial charge >= 0.3 is 6.03 Å². The molecule has 19 heavy (non-hydrogen) atoms. The third-order valence-corrected chi connectivity index (χ3v) is 3.63. The molecule has 1 fully saturated rings. The van der Waals surface area contributed by atoms with Crippen molar-refractivity contribution in [3.8, 4) is 0 Å². The number of likely N-dealkylation sites (tertiary alicyclic amines) is 1. The van der Waals surface area contributed by atoms with Gasteiger partial charge in [-0.15, -0.1) is 0 Å². The Morgan fingerprint density at radius 1 is 1.37 bits per heavy atom. The van der Waals surface area contributed by atoms with Crippen molar-refractivity contribution >= 4 is 6.03 Å². The van der Waals surface area contributed by atoms with Gasteiger partial charge in [-0.1, -0.05) is 12.1 Å². The predicted molar refractivity (Wildman–Crippen MR) is 70.2 cm³/mol. The van der Waals surface area contributed by atoms with Gasteiger partial charge in [0.15, 0.2) is 0 Å². The van der Waals surface area contributed by atoms with Crippen LogP contribution in [-0.4, -0.2) is 47.1 Å². The highest BCUT2D eigenvalue weighted by Crippen LogP contribution is 2.32. The second kappa shape index (κ2) is 4.81. The minimum atomic E-state index is -1.05. The Morgan fingerprint density at radius 3 is 2.37 bits per heavy atom. The largest absolute Gasteiger partial charge is 0.381 e. The molecule has 0 spiro atoms. The molecule has 0 radical (unpaired) electrons. The molecule has 1 heterocycles. The Balaban J connectivity index is 2.02. The maximum Gasteiger partial charge on any atom is 0.320 e. The van der Waals surface area contributed by atoms with E-state index in [0.717, 1.165) is 0 Å². The summed E-state index contributed by atoms with van der Waals surface area (Å²) in [5, 5.41) is 10.4. The number of β-amino-alcohol motifs (C(OH)–C–C–N with tert-alkyl or cyclic N) is 1. The highest BCUT2D eigenvalue weighted by Gasteiger charge is 2.45. The summed E-state index contributed by atoms with van der Waals surface area (Å²) in [5.41, 5.74) is -0.411. The van der Waals surface area contributed by atoms with Gasteiger partial charge in [-0.05, 0) is 31.5 Å². The van der Waals surface area contributed by atoms with Gasteiger partial charge in [0.25, 0.3) is 0 Å². The Kier molecular flexibility index (Phi) is 3.49. The summed E-state index contributed by atoms with van der Waals surface area (Å²) in [6, 6.07) is 5.77. The number of amides is 2. The summed E-state index contributed by atoms with van der Waals surface area (Å²) in [7, 11) is 1.74. The molecule has 104 valence electrons. The van der Waals surface area contributed by atoms with E-state index in [-0.39, 0.29) is 31.0 Å². The SMILES string of the molecule is CC(C)N(C)C(=O)N1CC(O)(c2ccc(F)cc2)C1. The molecule has 1 aromatic rings. The van der Waals surface area contributed by atoms with Crippen LogP contribution in [0.5, 0.6) is 0 Å². The van der Waals surface area contributed by atoms with Crippen molar-refractivity contribution < 1.29 is 14.3 Å². The molecule has 1 aromatic carbocycles. The lowest BCUT2D eigenvalue weighted by Crippen LogP contribution is -2.63. The van der Waals surface area contributed by atoms with Crippen molar-refractivity contribution in [2.24, 2.45) is 0 Å². The summed E-state index contributed by atoms with van der Waals surface area (Å²) >= 11 is 0. The number of hydrogen-bond acceptors (Lipinski definition) is 2. The first kappa shape index (κ1) is 13.8. The standard InChI is InChI=1S/C14H19FN2O2/c1-10(2)16(3)13(18)17-8-14(19,9-17)11-4-6-12(15)7-5-11/h4-7,10,19H,8-9H2,1-3H3. The van der Waals surface area contributed by atoms with E-state index >= 15 is 0 Å². The molecule has 1 saturated heterocycles. The molecule has 0 unspecified atom stereocenters. The van der Waals surface area contributed by atoms with Crippen LogP contribution in [0.2, 0.25) is 0 Å². The Hall–Kier alpha value is -1.62. The van der Waals surface area contributed by atoms with E-state index in [1.54, 1.807) is 29.0 Å². The first-order valence-corrected chi connectivity index (χ1v) is 6.33. The molecular formula is C14H19FN2O2. The second-order valence-electron chi connectivity index (χ2n) is 5.38. The van der Waals surface area contributed by atoms with Crippen LogP contribution in [0.25, 0.3) is 0 Å². The summed E-state index contributed by atoms with van der Waals surface area (Å²) in [5.74, 6) is -0.334. The summed E-state index contributed by atoms with van der Waals surface area (Å²) in [6.45, 7) is 4.36.